The number of nitrogens with two attached hydrogens (primary N) is 1. The van der Waals surface area contributed by atoms with Crippen LogP contribution in [0.4, 0.5) is 0 Å². The largest absolute Gasteiger partial charge is 0.493 e. The van der Waals surface area contributed by atoms with E-state index in [4.69, 9.17) is 10.5 Å². The summed E-state index contributed by atoms with van der Waals surface area (Å²) in [7, 11) is 0. The van der Waals surface area contributed by atoms with E-state index >= 15 is 0 Å². The zero-order valence-corrected chi connectivity index (χ0v) is 10.4. The molecule has 1 amide bonds. The van der Waals surface area contributed by atoms with Crippen molar-refractivity contribution in [2.45, 2.75) is 25.3 Å². The molecule has 0 radical (unpaired) electrons. The molecule has 1 fully saturated rings. The van der Waals surface area contributed by atoms with E-state index in [0.717, 1.165) is 49.3 Å². The van der Waals surface area contributed by atoms with Crippen LogP contribution in [0.25, 0.3) is 0 Å². The first-order valence-electron chi connectivity index (χ1n) is 6.56. The van der Waals surface area contributed by atoms with Gasteiger partial charge in [-0.3, -0.25) is 4.79 Å². The third kappa shape index (κ3) is 1.86. The summed E-state index contributed by atoms with van der Waals surface area (Å²) in [6.45, 7) is 2.11. The van der Waals surface area contributed by atoms with Crippen molar-refractivity contribution in [2.24, 2.45) is 5.73 Å². The first-order chi connectivity index (χ1) is 8.79. The lowest BCUT2D eigenvalue weighted by Gasteiger charge is -2.23. The quantitative estimate of drug-likeness (QED) is 0.852. The fraction of sp³-hybridized carbons (Fsp3) is 0.500. The molecule has 2 N–H and O–H groups in total. The first-order valence-corrected chi connectivity index (χ1v) is 6.56. The van der Waals surface area contributed by atoms with Crippen LogP contribution in [-0.4, -0.2) is 36.5 Å². The van der Waals surface area contributed by atoms with Crippen LogP contribution in [0.2, 0.25) is 0 Å². The highest BCUT2D eigenvalue weighted by atomic mass is 16.5. The molecule has 0 saturated carbocycles. The summed E-state index contributed by atoms with van der Waals surface area (Å²) >= 11 is 0. The Morgan fingerprint density at radius 1 is 1.50 bits per heavy atom. The van der Waals surface area contributed by atoms with Crippen LogP contribution in [0.5, 0.6) is 5.75 Å². The first kappa shape index (κ1) is 11.5. The maximum atomic E-state index is 12.4. The summed E-state index contributed by atoms with van der Waals surface area (Å²) in [5.41, 5.74) is 7.62. The Kier molecular flexibility index (Phi) is 2.96. The van der Waals surface area contributed by atoms with Gasteiger partial charge in [0.25, 0.3) is 5.91 Å². The zero-order chi connectivity index (χ0) is 12.5. The average molecular weight is 246 g/mol. The number of fused-ring (bicyclic) bond motifs is 1. The van der Waals surface area contributed by atoms with Gasteiger partial charge in [-0.25, -0.2) is 0 Å². The second kappa shape index (κ2) is 4.61. The molecule has 1 aromatic carbocycles. The minimum atomic E-state index is 0.109. The minimum absolute atomic E-state index is 0.109. The SMILES string of the molecule is NCC1CCCN1C(=O)c1ccc2c(c1)CCO2. The molecule has 4 heteroatoms. The van der Waals surface area contributed by atoms with Crippen LogP contribution < -0.4 is 10.5 Å². The second-order valence-electron chi connectivity index (χ2n) is 4.95. The smallest absolute Gasteiger partial charge is 0.254 e. The van der Waals surface area contributed by atoms with Gasteiger partial charge >= 0.3 is 0 Å². The molecule has 18 heavy (non-hydrogen) atoms. The Bertz CT molecular complexity index is 473. The van der Waals surface area contributed by atoms with Crippen molar-refractivity contribution in [3.8, 4) is 5.75 Å². The minimum Gasteiger partial charge on any atom is -0.493 e. The number of hydrogen-bond donors (Lipinski definition) is 1. The average Bonchev–Trinajstić information content (AvgIpc) is 3.05. The highest BCUT2D eigenvalue weighted by molar-refractivity contribution is 5.95. The molecule has 0 spiro atoms. The van der Waals surface area contributed by atoms with Crippen molar-refractivity contribution in [1.29, 1.82) is 0 Å². The number of carbonyl (C=O) groups excluding carboxylic acids is 1. The van der Waals surface area contributed by atoms with E-state index in [2.05, 4.69) is 0 Å². The Hall–Kier alpha value is -1.55. The normalized spacial score (nSPS) is 21.8. The predicted molar refractivity (Wildman–Crippen MR) is 68.8 cm³/mol. The Morgan fingerprint density at radius 2 is 2.39 bits per heavy atom. The Morgan fingerprint density at radius 3 is 3.22 bits per heavy atom. The number of hydrogen-bond acceptors (Lipinski definition) is 3. The molecule has 1 unspecified atom stereocenters. The van der Waals surface area contributed by atoms with Crippen molar-refractivity contribution in [2.75, 3.05) is 19.7 Å². The maximum absolute atomic E-state index is 12.4. The van der Waals surface area contributed by atoms with E-state index in [1.165, 1.54) is 0 Å². The summed E-state index contributed by atoms with van der Waals surface area (Å²) in [6.07, 6.45) is 2.98. The van der Waals surface area contributed by atoms with Gasteiger partial charge in [0.2, 0.25) is 0 Å². The van der Waals surface area contributed by atoms with Crippen LogP contribution in [-0.2, 0) is 6.42 Å². The van der Waals surface area contributed by atoms with Gasteiger partial charge in [0.1, 0.15) is 5.75 Å². The second-order valence-corrected chi connectivity index (χ2v) is 4.95. The zero-order valence-electron chi connectivity index (χ0n) is 10.4. The Labute approximate surface area is 107 Å². The summed E-state index contributed by atoms with van der Waals surface area (Å²) in [6, 6.07) is 5.94. The monoisotopic (exact) mass is 246 g/mol. The molecule has 0 bridgehead atoms. The molecule has 0 aliphatic carbocycles. The summed E-state index contributed by atoms with van der Waals surface area (Å²) in [5.74, 6) is 1.03. The van der Waals surface area contributed by atoms with Gasteiger partial charge in [-0.1, -0.05) is 0 Å². The van der Waals surface area contributed by atoms with Crippen molar-refractivity contribution >= 4 is 5.91 Å². The van der Waals surface area contributed by atoms with Crippen molar-refractivity contribution in [1.82, 2.24) is 4.90 Å². The highest BCUT2D eigenvalue weighted by Crippen LogP contribution is 2.27. The number of likely N-dealkylation sites (tertiary alicyclic amines) is 1. The van der Waals surface area contributed by atoms with Crippen molar-refractivity contribution < 1.29 is 9.53 Å². The lowest BCUT2D eigenvalue weighted by atomic mass is 10.1. The van der Waals surface area contributed by atoms with E-state index < -0.39 is 0 Å². The van der Waals surface area contributed by atoms with Crippen molar-refractivity contribution in [3.05, 3.63) is 29.3 Å². The van der Waals surface area contributed by atoms with Crippen molar-refractivity contribution in [3.63, 3.8) is 0 Å². The molecule has 2 aliphatic rings. The van der Waals surface area contributed by atoms with Gasteiger partial charge in [0.05, 0.1) is 6.61 Å². The number of ether oxygens (including phenoxy) is 1. The molecule has 2 aliphatic heterocycles. The molecule has 0 aromatic heterocycles. The molecular formula is C14H18N2O2. The topological polar surface area (TPSA) is 55.6 Å². The fourth-order valence-electron chi connectivity index (χ4n) is 2.83. The van der Waals surface area contributed by atoms with Gasteiger partial charge in [-0.15, -0.1) is 0 Å². The third-order valence-electron chi connectivity index (χ3n) is 3.85. The van der Waals surface area contributed by atoms with Gasteiger partial charge in [-0.05, 0) is 36.6 Å². The molecule has 1 aromatic rings. The Balaban J connectivity index is 1.84. The highest BCUT2D eigenvalue weighted by Gasteiger charge is 2.28. The van der Waals surface area contributed by atoms with Crippen LogP contribution in [0.15, 0.2) is 18.2 Å². The molecule has 3 rings (SSSR count). The van der Waals surface area contributed by atoms with Crippen LogP contribution in [0.1, 0.15) is 28.8 Å². The number of rotatable bonds is 2. The van der Waals surface area contributed by atoms with E-state index in [-0.39, 0.29) is 11.9 Å². The molecule has 2 heterocycles. The summed E-state index contributed by atoms with van der Waals surface area (Å²) in [4.78, 5) is 14.4. The fourth-order valence-corrected chi connectivity index (χ4v) is 2.83. The van der Waals surface area contributed by atoms with E-state index in [9.17, 15) is 4.79 Å². The lowest BCUT2D eigenvalue weighted by Crippen LogP contribution is -2.39. The summed E-state index contributed by atoms with van der Waals surface area (Å²) in [5, 5.41) is 0. The standard InChI is InChI=1S/C14H18N2O2/c15-9-12-2-1-6-16(12)14(17)11-3-4-13-10(8-11)5-7-18-13/h3-4,8,12H,1-2,5-7,9,15H2. The third-order valence-corrected chi connectivity index (χ3v) is 3.85. The predicted octanol–water partition coefficient (Wildman–Crippen LogP) is 1.18. The molecular weight excluding hydrogens is 228 g/mol. The van der Waals surface area contributed by atoms with E-state index in [0.29, 0.717) is 6.54 Å². The van der Waals surface area contributed by atoms with E-state index in [1.54, 1.807) is 0 Å². The number of nitrogens with zero attached hydrogens (tertiary/aromatic N) is 1. The molecule has 1 saturated heterocycles. The summed E-state index contributed by atoms with van der Waals surface area (Å²) < 4.78 is 5.46. The number of carbonyl (C=O) groups is 1. The molecule has 96 valence electrons. The van der Waals surface area contributed by atoms with Gasteiger partial charge in [0, 0.05) is 31.1 Å². The van der Waals surface area contributed by atoms with Gasteiger partial charge < -0.3 is 15.4 Å². The van der Waals surface area contributed by atoms with E-state index in [1.807, 2.05) is 23.1 Å². The lowest BCUT2D eigenvalue weighted by molar-refractivity contribution is 0.0741. The van der Waals surface area contributed by atoms with Gasteiger partial charge in [0.15, 0.2) is 0 Å². The number of amides is 1. The van der Waals surface area contributed by atoms with Crippen LogP contribution >= 0.6 is 0 Å². The molecule has 1 atom stereocenters. The van der Waals surface area contributed by atoms with Crippen LogP contribution in [0.3, 0.4) is 0 Å². The molecule has 4 nitrogen and oxygen atoms in total. The maximum Gasteiger partial charge on any atom is 0.254 e. The van der Waals surface area contributed by atoms with Gasteiger partial charge in [-0.2, -0.15) is 0 Å². The number of benzene rings is 1. The van der Waals surface area contributed by atoms with Crippen LogP contribution in [0, 0.1) is 0 Å².